The summed E-state index contributed by atoms with van der Waals surface area (Å²) >= 11 is 0. The van der Waals surface area contributed by atoms with Gasteiger partial charge >= 0.3 is 0 Å². The molecule has 4 rings (SSSR count). The summed E-state index contributed by atoms with van der Waals surface area (Å²) in [5.74, 6) is -0.402. The van der Waals surface area contributed by atoms with E-state index in [4.69, 9.17) is 0 Å². The van der Waals surface area contributed by atoms with Gasteiger partial charge < -0.3 is 15.2 Å². The summed E-state index contributed by atoms with van der Waals surface area (Å²) in [6.07, 6.45) is 5.06. The van der Waals surface area contributed by atoms with E-state index in [0.717, 1.165) is 0 Å². The van der Waals surface area contributed by atoms with Crippen molar-refractivity contribution in [3.8, 4) is 11.5 Å². The summed E-state index contributed by atoms with van der Waals surface area (Å²) in [5.41, 5.74) is 1.99. The first kappa shape index (κ1) is 19.1. The van der Waals surface area contributed by atoms with Crippen LogP contribution in [-0.2, 0) is 0 Å². The Morgan fingerprint density at radius 2 is 1.60 bits per heavy atom. The molecule has 2 amide bonds. The number of hydrogen-bond acceptors (Lipinski definition) is 3. The lowest BCUT2D eigenvalue weighted by atomic mass is 10.2. The lowest BCUT2D eigenvalue weighted by molar-refractivity contribution is 0.0962. The van der Waals surface area contributed by atoms with Crippen LogP contribution in [0.2, 0.25) is 0 Å². The Balaban J connectivity index is 1.67. The second-order valence-electron chi connectivity index (χ2n) is 6.47. The van der Waals surface area contributed by atoms with E-state index in [1.54, 1.807) is 65.1 Å². The number of rotatable bonds is 5. The van der Waals surface area contributed by atoms with E-state index >= 15 is 0 Å². The number of carbonyl (C=O) groups excluding carboxylic acids is 2. The van der Waals surface area contributed by atoms with Gasteiger partial charge in [-0.1, -0.05) is 0 Å². The first-order valence-corrected chi connectivity index (χ1v) is 9.17. The predicted molar refractivity (Wildman–Crippen MR) is 111 cm³/mol. The van der Waals surface area contributed by atoms with Crippen LogP contribution in [0.15, 0.2) is 79.3 Å². The molecule has 0 saturated carbocycles. The van der Waals surface area contributed by atoms with Crippen molar-refractivity contribution < 1.29 is 14.0 Å². The zero-order valence-corrected chi connectivity index (χ0v) is 16.0. The summed E-state index contributed by atoms with van der Waals surface area (Å²) in [7, 11) is 1.56. The van der Waals surface area contributed by atoms with Crippen LogP contribution in [0.1, 0.15) is 20.7 Å². The number of halogens is 1. The van der Waals surface area contributed by atoms with Gasteiger partial charge in [0.25, 0.3) is 11.8 Å². The molecule has 2 N–H and O–H groups in total. The van der Waals surface area contributed by atoms with E-state index in [9.17, 15) is 14.0 Å². The second-order valence-corrected chi connectivity index (χ2v) is 6.47. The molecule has 0 unspecified atom stereocenters. The second kappa shape index (κ2) is 8.04. The number of benzene rings is 2. The lowest BCUT2D eigenvalue weighted by Gasteiger charge is -2.11. The summed E-state index contributed by atoms with van der Waals surface area (Å²) < 4.78 is 16.7. The van der Waals surface area contributed by atoms with Crippen molar-refractivity contribution in [2.24, 2.45) is 0 Å². The molecule has 0 saturated heterocycles. The first-order chi connectivity index (χ1) is 14.6. The normalized spacial score (nSPS) is 10.6. The molecule has 8 heteroatoms. The molecule has 2 aromatic carbocycles. The van der Waals surface area contributed by atoms with Gasteiger partial charge in [-0.3, -0.25) is 9.59 Å². The van der Waals surface area contributed by atoms with E-state index in [-0.39, 0.29) is 17.6 Å². The summed E-state index contributed by atoms with van der Waals surface area (Å²) in [6.45, 7) is 0. The molecule has 4 aromatic rings. The van der Waals surface area contributed by atoms with Crippen molar-refractivity contribution in [1.29, 1.82) is 0 Å². The molecule has 0 atom stereocenters. The van der Waals surface area contributed by atoms with Gasteiger partial charge in [0.15, 0.2) is 5.82 Å². The standard InChI is InChI=1S/C22H18FN5O2/c1-24-20(29)15-4-8-17(9-5-15)26-21(30)19-14-25-28(18-10-6-16(23)7-11-18)22(19)27-12-2-3-13-27/h2-14H,1H3,(H,24,29)(H,26,30). The Bertz CT molecular complexity index is 1180. The summed E-state index contributed by atoms with van der Waals surface area (Å²) in [4.78, 5) is 24.7. The number of carbonyl (C=O) groups is 2. The average Bonchev–Trinajstić information content (AvgIpc) is 3.44. The molecule has 2 heterocycles. The van der Waals surface area contributed by atoms with Crippen molar-refractivity contribution >= 4 is 17.5 Å². The predicted octanol–water partition coefficient (Wildman–Crippen LogP) is 3.41. The van der Waals surface area contributed by atoms with Crippen molar-refractivity contribution in [1.82, 2.24) is 19.7 Å². The zero-order chi connectivity index (χ0) is 21.1. The Kier molecular flexibility index (Phi) is 5.13. The highest BCUT2D eigenvalue weighted by atomic mass is 19.1. The van der Waals surface area contributed by atoms with E-state index in [0.29, 0.717) is 28.3 Å². The van der Waals surface area contributed by atoms with Crippen LogP contribution in [-0.4, -0.2) is 33.2 Å². The molecule has 7 nitrogen and oxygen atoms in total. The highest BCUT2D eigenvalue weighted by Gasteiger charge is 2.20. The summed E-state index contributed by atoms with van der Waals surface area (Å²) in [6, 6.07) is 16.1. The number of anilines is 1. The minimum Gasteiger partial charge on any atom is -0.355 e. The third-order valence-electron chi connectivity index (χ3n) is 4.54. The van der Waals surface area contributed by atoms with E-state index in [2.05, 4.69) is 15.7 Å². The van der Waals surface area contributed by atoms with Crippen molar-refractivity contribution in [2.45, 2.75) is 0 Å². The minimum atomic E-state index is -0.361. The Morgan fingerprint density at radius 3 is 2.23 bits per heavy atom. The first-order valence-electron chi connectivity index (χ1n) is 9.17. The maximum Gasteiger partial charge on any atom is 0.261 e. The van der Waals surface area contributed by atoms with Crippen LogP contribution >= 0.6 is 0 Å². The maximum atomic E-state index is 13.3. The molecule has 0 aliphatic heterocycles. The molecule has 30 heavy (non-hydrogen) atoms. The van der Waals surface area contributed by atoms with Gasteiger partial charge in [0.1, 0.15) is 11.4 Å². The van der Waals surface area contributed by atoms with Gasteiger partial charge in [0.05, 0.1) is 11.9 Å². The fraction of sp³-hybridized carbons (Fsp3) is 0.0455. The third kappa shape index (κ3) is 3.70. The zero-order valence-electron chi connectivity index (χ0n) is 16.0. The largest absolute Gasteiger partial charge is 0.355 e. The maximum absolute atomic E-state index is 13.3. The fourth-order valence-electron chi connectivity index (χ4n) is 3.05. The van der Waals surface area contributed by atoms with E-state index < -0.39 is 0 Å². The van der Waals surface area contributed by atoms with Crippen molar-refractivity contribution in [3.05, 3.63) is 96.2 Å². The number of amides is 2. The SMILES string of the molecule is CNC(=O)c1ccc(NC(=O)c2cnn(-c3ccc(F)cc3)c2-n2cccc2)cc1. The van der Waals surface area contributed by atoms with Gasteiger partial charge in [-0.15, -0.1) is 0 Å². The Labute approximate surface area is 171 Å². The Morgan fingerprint density at radius 1 is 0.933 bits per heavy atom. The van der Waals surface area contributed by atoms with E-state index in [1.807, 2.05) is 12.1 Å². The molecule has 0 bridgehead atoms. The number of nitrogens with one attached hydrogen (secondary N) is 2. The average molecular weight is 403 g/mol. The molecule has 0 spiro atoms. The van der Waals surface area contributed by atoms with Crippen LogP contribution < -0.4 is 10.6 Å². The van der Waals surface area contributed by atoms with Gasteiger partial charge in [0, 0.05) is 30.7 Å². The van der Waals surface area contributed by atoms with Gasteiger partial charge in [0.2, 0.25) is 0 Å². The van der Waals surface area contributed by atoms with Crippen molar-refractivity contribution in [2.75, 3.05) is 12.4 Å². The third-order valence-corrected chi connectivity index (χ3v) is 4.54. The van der Waals surface area contributed by atoms with Gasteiger partial charge in [-0.25, -0.2) is 9.07 Å². The fourth-order valence-corrected chi connectivity index (χ4v) is 3.05. The van der Waals surface area contributed by atoms with Crippen LogP contribution in [0.5, 0.6) is 0 Å². The topological polar surface area (TPSA) is 81.0 Å². The smallest absolute Gasteiger partial charge is 0.261 e. The molecule has 0 radical (unpaired) electrons. The van der Waals surface area contributed by atoms with Gasteiger partial charge in [-0.05, 0) is 60.7 Å². The minimum absolute atomic E-state index is 0.205. The highest BCUT2D eigenvalue weighted by molar-refractivity contribution is 6.06. The molecular weight excluding hydrogens is 385 g/mol. The van der Waals surface area contributed by atoms with Crippen LogP contribution in [0, 0.1) is 5.82 Å². The number of nitrogens with zero attached hydrogens (tertiary/aromatic N) is 3. The molecule has 0 aliphatic rings. The molecule has 150 valence electrons. The lowest BCUT2D eigenvalue weighted by Crippen LogP contribution is -2.18. The van der Waals surface area contributed by atoms with Crippen molar-refractivity contribution in [3.63, 3.8) is 0 Å². The Hall–Kier alpha value is -4.20. The number of hydrogen-bond donors (Lipinski definition) is 2. The molecular formula is C22H18FN5O2. The van der Waals surface area contributed by atoms with Gasteiger partial charge in [-0.2, -0.15) is 5.10 Å². The summed E-state index contributed by atoms with van der Waals surface area (Å²) in [5, 5.41) is 9.71. The molecule has 2 aromatic heterocycles. The quantitative estimate of drug-likeness (QED) is 0.536. The van der Waals surface area contributed by atoms with Crippen LogP contribution in [0.4, 0.5) is 10.1 Å². The number of aromatic nitrogens is 3. The van der Waals surface area contributed by atoms with Crippen LogP contribution in [0.25, 0.3) is 11.5 Å². The molecule has 0 fully saturated rings. The monoisotopic (exact) mass is 403 g/mol. The highest BCUT2D eigenvalue weighted by Crippen LogP contribution is 2.21. The van der Waals surface area contributed by atoms with E-state index in [1.165, 1.54) is 18.3 Å². The van der Waals surface area contributed by atoms with Crippen LogP contribution in [0.3, 0.4) is 0 Å². The molecule has 0 aliphatic carbocycles.